The van der Waals surface area contributed by atoms with Gasteiger partial charge >= 0.3 is 11.9 Å². The number of nitrogens with zero attached hydrogens (tertiary/aromatic N) is 8. The lowest BCUT2D eigenvalue weighted by Crippen LogP contribution is -2.10. The van der Waals surface area contributed by atoms with Crippen LogP contribution in [0.2, 0.25) is 5.15 Å². The van der Waals surface area contributed by atoms with E-state index in [0.29, 0.717) is 30.5 Å². The summed E-state index contributed by atoms with van der Waals surface area (Å²) in [6, 6.07) is 15.3. The van der Waals surface area contributed by atoms with Gasteiger partial charge in [-0.15, -0.1) is 0 Å². The molecule has 2 aromatic carbocycles. The van der Waals surface area contributed by atoms with Crippen LogP contribution in [0.1, 0.15) is 71.6 Å². The van der Waals surface area contributed by atoms with Crippen LogP contribution >= 0.6 is 11.6 Å². The van der Waals surface area contributed by atoms with Crippen molar-refractivity contribution < 1.29 is 47.0 Å². The predicted molar refractivity (Wildman–Crippen MR) is 214 cm³/mol. The molecule has 16 nitrogen and oxygen atoms in total. The first-order chi connectivity index (χ1) is 29.1. The molecule has 4 aromatic heterocycles. The van der Waals surface area contributed by atoms with Gasteiger partial charge in [-0.05, 0) is 43.7 Å². The van der Waals surface area contributed by atoms with E-state index < -0.39 is 35.2 Å². The fraction of sp³-hybridized carbons (Fsp3) is 0.250. The lowest BCUT2D eigenvalue weighted by molar-refractivity contribution is -0.138. The minimum Gasteiger partial charge on any atom is -0.481 e. The summed E-state index contributed by atoms with van der Waals surface area (Å²) in [5.74, 6) is -4.47. The monoisotopic (exact) mass is 866 g/mol. The quantitative estimate of drug-likeness (QED) is 0.0353. The number of carboxylic acids is 2. The summed E-state index contributed by atoms with van der Waals surface area (Å²) < 4.78 is 57.7. The number of ketones is 2. The Labute approximate surface area is 350 Å². The maximum Gasteiger partial charge on any atom is 0.303 e. The van der Waals surface area contributed by atoms with Crippen molar-refractivity contribution in [2.45, 2.75) is 52.6 Å². The van der Waals surface area contributed by atoms with Gasteiger partial charge in [-0.3, -0.25) is 28.5 Å². The third kappa shape index (κ3) is 13.8. The standard InChI is InChI=1S/C20H19F2N5O3.C16H11ClF2N4O.C4H9NO2/c1-12(28)17-9-16(26-27(17)11-13-5-2-3-6-14(13)21)20-24-10-15(22)19(25-20)23-8-4-7-18(29)30;1-9(24)14-6-13(16-20-7-12(19)15(17)21-16)22-23(14)8-10-4-2-3-5-11(10)18;5-3-1-2-4(6)7/h2-3,5-6,9-10H,4,7-8,11H2,1H3,(H,29,30)(H,23,24,25);2-7H,8H2,1H3;1-3,5H2,(H,6,7). The van der Waals surface area contributed by atoms with Gasteiger partial charge < -0.3 is 21.3 Å². The average molecular weight is 867 g/mol. The number of hydrogen-bond donors (Lipinski definition) is 4. The van der Waals surface area contributed by atoms with Gasteiger partial charge in [0.1, 0.15) is 34.4 Å². The van der Waals surface area contributed by atoms with Crippen LogP contribution in [0.15, 0.2) is 73.1 Å². The summed E-state index contributed by atoms with van der Waals surface area (Å²) in [5, 5.41) is 27.6. The number of Topliss-reactive ketones (excluding diaryl/α,β-unsaturated/α-hetero) is 2. The fourth-order valence-corrected chi connectivity index (χ4v) is 5.35. The number of anilines is 1. The Kier molecular flexibility index (Phi) is 17.2. The summed E-state index contributed by atoms with van der Waals surface area (Å²) in [7, 11) is 0. The van der Waals surface area contributed by atoms with E-state index in [0.717, 1.165) is 12.4 Å². The van der Waals surface area contributed by atoms with Crippen LogP contribution in [0.25, 0.3) is 23.0 Å². The van der Waals surface area contributed by atoms with E-state index in [1.165, 1.54) is 47.5 Å². The van der Waals surface area contributed by atoms with Crippen LogP contribution in [-0.4, -0.2) is 86.3 Å². The lowest BCUT2D eigenvalue weighted by Gasteiger charge is -2.07. The number of carboxylic acid groups (broad SMARTS) is 2. The molecule has 21 heteroatoms. The normalized spacial score (nSPS) is 10.6. The minimum absolute atomic E-state index is 0.0308. The molecule has 0 aliphatic rings. The molecule has 0 aliphatic carbocycles. The SMILES string of the molecule is CC(=O)c1cc(-c2ncc(F)c(Cl)n2)nn1Cc1ccccc1F.CC(=O)c1cc(-c2ncc(F)c(NCCCC(=O)O)n2)nn1Cc1ccccc1F.NCCCC(=O)O. The number of rotatable bonds is 16. The predicted octanol–water partition coefficient (Wildman–Crippen LogP) is 6.48. The first-order valence-electron chi connectivity index (χ1n) is 18.3. The summed E-state index contributed by atoms with van der Waals surface area (Å²) in [5.41, 5.74) is 6.72. The minimum atomic E-state index is -0.946. The smallest absolute Gasteiger partial charge is 0.303 e. The second-order valence-corrected chi connectivity index (χ2v) is 13.2. The van der Waals surface area contributed by atoms with E-state index >= 15 is 0 Å². The Hall–Kier alpha value is -6.93. The van der Waals surface area contributed by atoms with Gasteiger partial charge in [-0.25, -0.2) is 37.5 Å². The van der Waals surface area contributed by atoms with Crippen molar-refractivity contribution in [3.8, 4) is 23.0 Å². The van der Waals surface area contributed by atoms with Crippen LogP contribution in [0, 0.1) is 23.3 Å². The first kappa shape index (κ1) is 46.8. The molecular weight excluding hydrogens is 828 g/mol. The fourth-order valence-electron chi connectivity index (χ4n) is 5.22. The summed E-state index contributed by atoms with van der Waals surface area (Å²) in [4.78, 5) is 59.7. The van der Waals surface area contributed by atoms with Gasteiger partial charge in [-0.2, -0.15) is 10.2 Å². The molecule has 0 amide bonds. The molecule has 0 aliphatic heterocycles. The van der Waals surface area contributed by atoms with Crippen LogP contribution in [0.4, 0.5) is 23.4 Å². The highest BCUT2D eigenvalue weighted by molar-refractivity contribution is 6.29. The van der Waals surface area contributed by atoms with Gasteiger partial charge in [0.05, 0.1) is 25.5 Å². The zero-order chi connectivity index (χ0) is 44.6. The number of nitrogens with one attached hydrogen (secondary N) is 1. The molecule has 0 fully saturated rings. The number of carbonyl (C=O) groups is 4. The number of aliphatic carboxylic acids is 2. The lowest BCUT2D eigenvalue weighted by atomic mass is 10.2. The maximum absolute atomic E-state index is 14.0. The average Bonchev–Trinajstić information content (AvgIpc) is 3.85. The molecule has 320 valence electrons. The molecule has 0 bridgehead atoms. The number of hydrogen-bond acceptors (Lipinski definition) is 12. The molecule has 0 spiro atoms. The largest absolute Gasteiger partial charge is 0.481 e. The molecule has 6 aromatic rings. The Morgan fingerprint density at radius 2 is 1.15 bits per heavy atom. The van der Waals surface area contributed by atoms with E-state index in [1.807, 2.05) is 0 Å². The molecule has 6 rings (SSSR count). The highest BCUT2D eigenvalue weighted by Gasteiger charge is 2.19. The van der Waals surface area contributed by atoms with Gasteiger partial charge in [-0.1, -0.05) is 48.0 Å². The Bertz CT molecular complexity index is 2500. The van der Waals surface area contributed by atoms with Crippen molar-refractivity contribution in [1.29, 1.82) is 0 Å². The second kappa shape index (κ2) is 22.4. The molecule has 0 saturated carbocycles. The maximum atomic E-state index is 14.0. The van der Waals surface area contributed by atoms with Crippen molar-refractivity contribution in [2.24, 2.45) is 5.73 Å². The molecule has 0 atom stereocenters. The van der Waals surface area contributed by atoms with Crippen molar-refractivity contribution in [3.63, 3.8) is 0 Å². The van der Waals surface area contributed by atoms with Crippen molar-refractivity contribution in [3.05, 3.63) is 124 Å². The Balaban J connectivity index is 0.000000236. The van der Waals surface area contributed by atoms with Crippen LogP contribution in [0.3, 0.4) is 0 Å². The molecule has 0 unspecified atom stereocenters. The second-order valence-electron chi connectivity index (χ2n) is 12.9. The topological polar surface area (TPSA) is 234 Å². The molecule has 0 radical (unpaired) electrons. The zero-order valence-corrected chi connectivity index (χ0v) is 33.4. The van der Waals surface area contributed by atoms with E-state index in [1.54, 1.807) is 36.4 Å². The molecule has 5 N–H and O–H groups in total. The van der Waals surface area contributed by atoms with Crippen LogP contribution < -0.4 is 11.1 Å². The van der Waals surface area contributed by atoms with Gasteiger partial charge in [0.25, 0.3) is 0 Å². The van der Waals surface area contributed by atoms with E-state index in [2.05, 4.69) is 35.5 Å². The molecular formula is C40H39ClF4N10O6. The van der Waals surface area contributed by atoms with Crippen molar-refractivity contribution >= 4 is 40.9 Å². The summed E-state index contributed by atoms with van der Waals surface area (Å²) >= 11 is 5.65. The third-order valence-electron chi connectivity index (χ3n) is 8.20. The van der Waals surface area contributed by atoms with Gasteiger partial charge in [0.15, 0.2) is 45.8 Å². The zero-order valence-electron chi connectivity index (χ0n) is 32.7. The Morgan fingerprint density at radius 3 is 1.57 bits per heavy atom. The summed E-state index contributed by atoms with van der Waals surface area (Å²) in [6.07, 6.45) is 2.89. The number of benzene rings is 2. The van der Waals surface area contributed by atoms with E-state index in [-0.39, 0.29) is 89.4 Å². The van der Waals surface area contributed by atoms with Gasteiger partial charge in [0, 0.05) is 44.4 Å². The van der Waals surface area contributed by atoms with Crippen LogP contribution in [0.5, 0.6) is 0 Å². The van der Waals surface area contributed by atoms with Crippen molar-refractivity contribution in [1.82, 2.24) is 39.5 Å². The number of carbonyl (C=O) groups excluding carboxylic acids is 2. The Morgan fingerprint density at radius 1 is 0.689 bits per heavy atom. The number of halogens is 5. The van der Waals surface area contributed by atoms with Crippen molar-refractivity contribution in [2.75, 3.05) is 18.4 Å². The highest BCUT2D eigenvalue weighted by Crippen LogP contribution is 2.22. The highest BCUT2D eigenvalue weighted by atomic mass is 35.5. The van der Waals surface area contributed by atoms with E-state index in [4.69, 9.17) is 27.5 Å². The summed E-state index contributed by atoms with van der Waals surface area (Å²) in [6.45, 7) is 3.50. The number of nitrogens with two attached hydrogens (primary N) is 1. The molecule has 4 heterocycles. The van der Waals surface area contributed by atoms with Gasteiger partial charge in [0.2, 0.25) is 0 Å². The first-order valence-corrected chi connectivity index (χ1v) is 18.7. The molecule has 61 heavy (non-hydrogen) atoms. The van der Waals surface area contributed by atoms with Crippen LogP contribution in [-0.2, 0) is 22.7 Å². The van der Waals surface area contributed by atoms with E-state index in [9.17, 15) is 36.7 Å². The molecule has 0 saturated heterocycles. The number of aromatic nitrogens is 8. The third-order valence-corrected chi connectivity index (χ3v) is 8.46.